The standard InChI is InChI=1S/C6H16O2Si.C5H14O2Si/c1-5-6-9(4,7-2)8-3;1-5-8(4,6-2)7-3/h5-6H2,1-4H3;5H2,1-4H3. The number of rotatable bonds is 7. The predicted molar refractivity (Wildman–Crippen MR) is 76.9 cm³/mol. The van der Waals surface area contributed by atoms with E-state index >= 15 is 0 Å². The van der Waals surface area contributed by atoms with E-state index in [1.165, 1.54) is 0 Å². The minimum atomic E-state index is -1.70. The van der Waals surface area contributed by atoms with E-state index in [2.05, 4.69) is 20.4 Å². The Morgan fingerprint density at radius 2 is 1.06 bits per heavy atom. The Bertz CT molecular complexity index is 163. The highest BCUT2D eigenvalue weighted by Crippen LogP contribution is 2.12. The predicted octanol–water partition coefficient (Wildman–Crippen LogP) is 3.13. The monoisotopic (exact) mass is 282 g/mol. The third-order valence-corrected chi connectivity index (χ3v) is 9.22. The van der Waals surface area contributed by atoms with Gasteiger partial charge in [-0.05, 0) is 25.2 Å². The van der Waals surface area contributed by atoms with Crippen molar-refractivity contribution in [2.45, 2.75) is 45.5 Å². The summed E-state index contributed by atoms with van der Waals surface area (Å²) >= 11 is 0. The molecule has 4 nitrogen and oxygen atoms in total. The lowest BCUT2D eigenvalue weighted by atomic mass is 10.6. The first-order valence-corrected chi connectivity index (χ1v) is 11.1. The quantitative estimate of drug-likeness (QED) is 0.672. The minimum absolute atomic E-state index is 1.01. The van der Waals surface area contributed by atoms with Crippen LogP contribution in [-0.4, -0.2) is 45.6 Å². The molecular weight excluding hydrogens is 252 g/mol. The Morgan fingerprint density at radius 3 is 1.12 bits per heavy atom. The first-order chi connectivity index (χ1) is 7.86. The van der Waals surface area contributed by atoms with Crippen molar-refractivity contribution < 1.29 is 17.7 Å². The van der Waals surface area contributed by atoms with Gasteiger partial charge < -0.3 is 17.7 Å². The molecule has 0 aromatic carbocycles. The summed E-state index contributed by atoms with van der Waals surface area (Å²) in [6, 6.07) is 2.10. The summed E-state index contributed by atoms with van der Waals surface area (Å²) < 4.78 is 20.8. The molecule has 0 aliphatic heterocycles. The lowest BCUT2D eigenvalue weighted by Crippen LogP contribution is -2.35. The van der Waals surface area contributed by atoms with Crippen molar-refractivity contribution in [3.05, 3.63) is 0 Å². The second-order valence-corrected chi connectivity index (χ2v) is 11.6. The molecule has 0 N–H and O–H groups in total. The van der Waals surface area contributed by atoms with Gasteiger partial charge in [0.05, 0.1) is 0 Å². The molecule has 0 amide bonds. The molecule has 0 saturated carbocycles. The highest BCUT2D eigenvalue weighted by molar-refractivity contribution is 6.66. The maximum Gasteiger partial charge on any atom is 0.334 e. The molecule has 106 valence electrons. The minimum Gasteiger partial charge on any atom is -0.398 e. The fourth-order valence-corrected chi connectivity index (χ4v) is 3.34. The molecule has 0 fully saturated rings. The van der Waals surface area contributed by atoms with Crippen LogP contribution >= 0.6 is 0 Å². The fourth-order valence-electron chi connectivity index (χ4n) is 1.11. The lowest BCUT2D eigenvalue weighted by Gasteiger charge is -2.21. The SMILES string of the molecule is CCC[Si](C)(OC)OC.CC[Si](C)(OC)OC. The van der Waals surface area contributed by atoms with E-state index < -0.39 is 17.1 Å². The third kappa shape index (κ3) is 8.93. The van der Waals surface area contributed by atoms with Crippen LogP contribution in [0.25, 0.3) is 0 Å². The van der Waals surface area contributed by atoms with Crippen LogP contribution in [0, 0.1) is 0 Å². The van der Waals surface area contributed by atoms with E-state index in [1.807, 2.05) is 6.55 Å². The van der Waals surface area contributed by atoms with Gasteiger partial charge in [-0.1, -0.05) is 20.3 Å². The first-order valence-electron chi connectivity index (χ1n) is 6.07. The summed E-state index contributed by atoms with van der Waals surface area (Å²) in [7, 11) is 3.50. The molecule has 17 heavy (non-hydrogen) atoms. The van der Waals surface area contributed by atoms with Gasteiger partial charge in [-0.15, -0.1) is 0 Å². The van der Waals surface area contributed by atoms with Gasteiger partial charge in [0.15, 0.2) is 0 Å². The molecule has 0 aliphatic carbocycles. The Balaban J connectivity index is 0. The van der Waals surface area contributed by atoms with Crippen molar-refractivity contribution in [3.63, 3.8) is 0 Å². The fraction of sp³-hybridized carbons (Fsp3) is 1.00. The Morgan fingerprint density at radius 1 is 0.706 bits per heavy atom. The Hall–Kier alpha value is 0.274. The molecule has 0 aromatic rings. The summed E-state index contributed by atoms with van der Waals surface area (Å²) in [5.74, 6) is 0. The Labute approximate surface area is 109 Å². The topological polar surface area (TPSA) is 36.9 Å². The molecule has 0 saturated heterocycles. The average molecular weight is 283 g/mol. The largest absolute Gasteiger partial charge is 0.398 e. The van der Waals surface area contributed by atoms with Crippen molar-refractivity contribution >= 4 is 17.1 Å². The zero-order chi connectivity index (χ0) is 13.9. The van der Waals surface area contributed by atoms with Gasteiger partial charge in [-0.3, -0.25) is 0 Å². The zero-order valence-electron chi connectivity index (χ0n) is 12.8. The molecule has 0 rings (SSSR count). The lowest BCUT2D eigenvalue weighted by molar-refractivity contribution is 0.249. The molecule has 0 aliphatic rings. The second kappa shape index (κ2) is 10.2. The molecule has 0 bridgehead atoms. The van der Waals surface area contributed by atoms with Gasteiger partial charge in [0, 0.05) is 28.4 Å². The number of hydrogen-bond donors (Lipinski definition) is 0. The zero-order valence-corrected chi connectivity index (χ0v) is 14.8. The van der Waals surface area contributed by atoms with E-state index in [-0.39, 0.29) is 0 Å². The average Bonchev–Trinajstić information content (AvgIpc) is 2.38. The molecule has 0 heterocycles. The highest BCUT2D eigenvalue weighted by atomic mass is 28.4. The van der Waals surface area contributed by atoms with E-state index in [0.29, 0.717) is 0 Å². The van der Waals surface area contributed by atoms with Crippen LogP contribution in [-0.2, 0) is 17.7 Å². The number of hydrogen-bond acceptors (Lipinski definition) is 4. The van der Waals surface area contributed by atoms with Gasteiger partial charge in [0.25, 0.3) is 0 Å². The second-order valence-electron chi connectivity index (χ2n) is 4.19. The van der Waals surface area contributed by atoms with E-state index in [9.17, 15) is 0 Å². The van der Waals surface area contributed by atoms with E-state index in [4.69, 9.17) is 17.7 Å². The van der Waals surface area contributed by atoms with Crippen molar-refractivity contribution in [2.75, 3.05) is 28.4 Å². The van der Waals surface area contributed by atoms with E-state index in [1.54, 1.807) is 28.4 Å². The van der Waals surface area contributed by atoms with Crippen molar-refractivity contribution in [1.82, 2.24) is 0 Å². The van der Waals surface area contributed by atoms with Gasteiger partial charge in [0.1, 0.15) is 0 Å². The first kappa shape index (κ1) is 19.6. The molecule has 0 atom stereocenters. The smallest absolute Gasteiger partial charge is 0.334 e. The Kier molecular flexibility index (Phi) is 11.8. The van der Waals surface area contributed by atoms with Crippen molar-refractivity contribution in [2.24, 2.45) is 0 Å². The molecule has 6 heteroatoms. The van der Waals surface area contributed by atoms with Gasteiger partial charge >= 0.3 is 17.1 Å². The summed E-state index contributed by atoms with van der Waals surface area (Å²) in [6.07, 6.45) is 1.14. The third-order valence-electron chi connectivity index (χ3n) is 3.07. The van der Waals surface area contributed by atoms with Crippen LogP contribution in [0.15, 0.2) is 0 Å². The summed E-state index contributed by atoms with van der Waals surface area (Å²) in [6.45, 7) is 8.35. The van der Waals surface area contributed by atoms with Crippen LogP contribution in [0.3, 0.4) is 0 Å². The normalized spacial score (nSPS) is 12.0. The van der Waals surface area contributed by atoms with Crippen LogP contribution in [0.4, 0.5) is 0 Å². The van der Waals surface area contributed by atoms with Crippen molar-refractivity contribution in [1.29, 1.82) is 0 Å². The molecular formula is C11H30O4Si2. The van der Waals surface area contributed by atoms with Crippen LogP contribution in [0.5, 0.6) is 0 Å². The highest BCUT2D eigenvalue weighted by Gasteiger charge is 2.26. The summed E-state index contributed by atoms with van der Waals surface area (Å²) in [5, 5.41) is 0. The van der Waals surface area contributed by atoms with Gasteiger partial charge in [-0.2, -0.15) is 0 Å². The van der Waals surface area contributed by atoms with Gasteiger partial charge in [0.2, 0.25) is 0 Å². The molecule has 0 aromatic heterocycles. The molecule has 0 unspecified atom stereocenters. The summed E-state index contributed by atoms with van der Waals surface area (Å²) in [4.78, 5) is 0. The van der Waals surface area contributed by atoms with Gasteiger partial charge in [-0.25, -0.2) is 0 Å². The van der Waals surface area contributed by atoms with Crippen LogP contribution in [0.1, 0.15) is 20.3 Å². The van der Waals surface area contributed by atoms with Crippen LogP contribution < -0.4 is 0 Å². The molecule has 0 spiro atoms. The van der Waals surface area contributed by atoms with Crippen molar-refractivity contribution in [3.8, 4) is 0 Å². The molecule has 0 radical (unpaired) electrons. The van der Waals surface area contributed by atoms with Crippen LogP contribution in [0.2, 0.25) is 25.2 Å². The maximum absolute atomic E-state index is 5.24. The maximum atomic E-state index is 5.24. The van der Waals surface area contributed by atoms with E-state index in [0.717, 1.165) is 18.5 Å². The summed E-state index contributed by atoms with van der Waals surface area (Å²) in [5.41, 5.74) is 0.